The van der Waals surface area contributed by atoms with E-state index >= 15 is 0 Å². The number of aromatic nitrogens is 2. The maximum Gasteiger partial charge on any atom is 0.247 e. The summed E-state index contributed by atoms with van der Waals surface area (Å²) in [6.45, 7) is 0. The van der Waals surface area contributed by atoms with Gasteiger partial charge in [-0.1, -0.05) is 43.2 Å². The van der Waals surface area contributed by atoms with Crippen LogP contribution in [0.1, 0.15) is 37.1 Å². The Bertz CT molecular complexity index is 736. The molecule has 3 rings (SSSR count). The molecule has 0 aliphatic rings. The van der Waals surface area contributed by atoms with Crippen molar-refractivity contribution in [1.29, 1.82) is 0 Å². The molecule has 4 nitrogen and oxygen atoms in total. The fourth-order valence-corrected chi connectivity index (χ4v) is 2.68. The molecule has 24 heavy (non-hydrogen) atoms. The van der Waals surface area contributed by atoms with E-state index in [2.05, 4.69) is 40.5 Å². The van der Waals surface area contributed by atoms with E-state index in [1.807, 2.05) is 0 Å². The molecular weight excluding hydrogens is 300 g/mol. The van der Waals surface area contributed by atoms with Crippen LogP contribution in [0.2, 0.25) is 0 Å². The lowest BCUT2D eigenvalue weighted by molar-refractivity contribution is 0.475. The van der Waals surface area contributed by atoms with Crippen LogP contribution in [-0.2, 0) is 12.8 Å². The van der Waals surface area contributed by atoms with Gasteiger partial charge in [0.2, 0.25) is 11.8 Å². The van der Waals surface area contributed by atoms with Crippen LogP contribution >= 0.6 is 0 Å². The molecule has 1 aromatic heterocycles. The van der Waals surface area contributed by atoms with Gasteiger partial charge in [-0.05, 0) is 49.1 Å². The number of aryl methyl sites for hydroxylation is 2. The highest BCUT2D eigenvalue weighted by Crippen LogP contribution is 2.21. The van der Waals surface area contributed by atoms with E-state index in [1.165, 1.54) is 24.8 Å². The Morgan fingerprint density at radius 2 is 1.46 bits per heavy atom. The van der Waals surface area contributed by atoms with Crippen LogP contribution in [0.25, 0.3) is 11.5 Å². The van der Waals surface area contributed by atoms with Gasteiger partial charge < -0.3 is 9.52 Å². The molecule has 124 valence electrons. The summed E-state index contributed by atoms with van der Waals surface area (Å²) in [5, 5.41) is 17.5. The van der Waals surface area contributed by atoms with Crippen molar-refractivity contribution in [3.05, 3.63) is 66.1 Å². The third-order valence-corrected chi connectivity index (χ3v) is 4.03. The van der Waals surface area contributed by atoms with E-state index in [1.54, 1.807) is 24.3 Å². The minimum Gasteiger partial charge on any atom is -0.508 e. The van der Waals surface area contributed by atoms with Crippen LogP contribution in [0.15, 0.2) is 59.0 Å². The molecule has 0 saturated heterocycles. The second-order valence-corrected chi connectivity index (χ2v) is 5.95. The highest BCUT2D eigenvalue weighted by molar-refractivity contribution is 5.53. The number of aromatic hydroxyl groups is 1. The molecule has 0 unspecified atom stereocenters. The van der Waals surface area contributed by atoms with E-state index < -0.39 is 0 Å². The Morgan fingerprint density at radius 1 is 0.750 bits per heavy atom. The lowest BCUT2D eigenvalue weighted by Crippen LogP contribution is -1.88. The van der Waals surface area contributed by atoms with Gasteiger partial charge in [0.05, 0.1) is 0 Å². The van der Waals surface area contributed by atoms with Crippen LogP contribution < -0.4 is 0 Å². The first-order chi connectivity index (χ1) is 11.8. The maximum atomic E-state index is 9.30. The van der Waals surface area contributed by atoms with Gasteiger partial charge in [-0.15, -0.1) is 10.2 Å². The van der Waals surface area contributed by atoms with Gasteiger partial charge in [0.1, 0.15) is 5.75 Å². The SMILES string of the molecule is Oc1ccc(-c2nnc(CCCCCCc3ccccc3)o2)cc1. The van der Waals surface area contributed by atoms with Crippen molar-refractivity contribution in [3.8, 4) is 17.2 Å². The minimum absolute atomic E-state index is 0.231. The van der Waals surface area contributed by atoms with E-state index in [0.29, 0.717) is 11.8 Å². The zero-order valence-electron chi connectivity index (χ0n) is 13.7. The average Bonchev–Trinajstić information content (AvgIpc) is 3.08. The van der Waals surface area contributed by atoms with Crippen LogP contribution in [0.4, 0.5) is 0 Å². The molecule has 0 amide bonds. The molecule has 0 aliphatic carbocycles. The van der Waals surface area contributed by atoms with Gasteiger partial charge in [-0.3, -0.25) is 0 Å². The Balaban J connectivity index is 1.37. The molecule has 4 heteroatoms. The van der Waals surface area contributed by atoms with Crippen molar-refractivity contribution in [2.24, 2.45) is 0 Å². The molecule has 0 fully saturated rings. The van der Waals surface area contributed by atoms with Gasteiger partial charge in [0.15, 0.2) is 0 Å². The largest absolute Gasteiger partial charge is 0.508 e. The number of benzene rings is 2. The van der Waals surface area contributed by atoms with Gasteiger partial charge in [-0.2, -0.15) is 0 Å². The summed E-state index contributed by atoms with van der Waals surface area (Å²) >= 11 is 0. The fourth-order valence-electron chi connectivity index (χ4n) is 2.68. The van der Waals surface area contributed by atoms with Crippen LogP contribution in [0.3, 0.4) is 0 Å². The van der Waals surface area contributed by atoms with Crippen molar-refractivity contribution in [2.45, 2.75) is 38.5 Å². The molecule has 0 spiro atoms. The molecule has 1 N–H and O–H groups in total. The van der Waals surface area contributed by atoms with Crippen LogP contribution in [0.5, 0.6) is 5.75 Å². The number of unbranched alkanes of at least 4 members (excludes halogenated alkanes) is 3. The fraction of sp³-hybridized carbons (Fsp3) is 0.300. The predicted octanol–water partition coefficient (Wildman–Crippen LogP) is 4.79. The number of hydrogen-bond acceptors (Lipinski definition) is 4. The first kappa shape index (κ1) is 16.2. The average molecular weight is 322 g/mol. The zero-order chi connectivity index (χ0) is 16.6. The monoisotopic (exact) mass is 322 g/mol. The van der Waals surface area contributed by atoms with Gasteiger partial charge >= 0.3 is 0 Å². The quantitative estimate of drug-likeness (QED) is 0.606. The summed E-state index contributed by atoms with van der Waals surface area (Å²) in [7, 11) is 0. The van der Waals surface area contributed by atoms with Crippen molar-refractivity contribution < 1.29 is 9.52 Å². The van der Waals surface area contributed by atoms with E-state index in [9.17, 15) is 5.11 Å². The lowest BCUT2D eigenvalue weighted by Gasteiger charge is -2.01. The normalized spacial score (nSPS) is 10.8. The Kier molecular flexibility index (Phi) is 5.61. The highest BCUT2D eigenvalue weighted by atomic mass is 16.4. The third kappa shape index (κ3) is 4.69. The summed E-state index contributed by atoms with van der Waals surface area (Å²) in [4.78, 5) is 0. The van der Waals surface area contributed by atoms with Gasteiger partial charge in [0, 0.05) is 12.0 Å². The van der Waals surface area contributed by atoms with E-state index in [-0.39, 0.29) is 5.75 Å². The molecule has 0 radical (unpaired) electrons. The topological polar surface area (TPSA) is 59.2 Å². The molecule has 0 bridgehead atoms. The summed E-state index contributed by atoms with van der Waals surface area (Å²) in [6, 6.07) is 17.4. The smallest absolute Gasteiger partial charge is 0.247 e. The second-order valence-electron chi connectivity index (χ2n) is 5.95. The molecular formula is C20H22N2O2. The zero-order valence-corrected chi connectivity index (χ0v) is 13.7. The molecule has 0 aliphatic heterocycles. The Labute approximate surface area is 142 Å². The first-order valence-electron chi connectivity index (χ1n) is 8.47. The summed E-state index contributed by atoms with van der Waals surface area (Å²) in [5.41, 5.74) is 2.24. The molecule has 2 aromatic carbocycles. The number of nitrogens with zero attached hydrogens (tertiary/aromatic N) is 2. The Hall–Kier alpha value is -2.62. The minimum atomic E-state index is 0.231. The van der Waals surface area contributed by atoms with E-state index in [4.69, 9.17) is 4.42 Å². The molecule has 0 atom stereocenters. The first-order valence-corrected chi connectivity index (χ1v) is 8.47. The predicted molar refractivity (Wildman–Crippen MR) is 93.7 cm³/mol. The van der Waals surface area contributed by atoms with Crippen molar-refractivity contribution in [3.63, 3.8) is 0 Å². The highest BCUT2D eigenvalue weighted by Gasteiger charge is 2.08. The maximum absolute atomic E-state index is 9.30. The van der Waals surface area contributed by atoms with Gasteiger partial charge in [-0.25, -0.2) is 0 Å². The van der Waals surface area contributed by atoms with Crippen LogP contribution in [0, 0.1) is 0 Å². The van der Waals surface area contributed by atoms with Crippen molar-refractivity contribution >= 4 is 0 Å². The lowest BCUT2D eigenvalue weighted by atomic mass is 10.1. The third-order valence-electron chi connectivity index (χ3n) is 4.03. The number of rotatable bonds is 8. The molecule has 3 aromatic rings. The van der Waals surface area contributed by atoms with E-state index in [0.717, 1.165) is 24.8 Å². The van der Waals surface area contributed by atoms with Crippen LogP contribution in [-0.4, -0.2) is 15.3 Å². The number of phenolic OH excluding ortho intramolecular Hbond substituents is 1. The molecule has 0 saturated carbocycles. The molecule has 1 heterocycles. The summed E-state index contributed by atoms with van der Waals surface area (Å²) in [6.07, 6.45) is 6.62. The van der Waals surface area contributed by atoms with Crippen molar-refractivity contribution in [2.75, 3.05) is 0 Å². The number of hydrogen-bond donors (Lipinski definition) is 1. The second kappa shape index (κ2) is 8.29. The summed E-state index contributed by atoms with van der Waals surface area (Å²) < 4.78 is 5.68. The number of phenols is 1. The van der Waals surface area contributed by atoms with Crippen molar-refractivity contribution in [1.82, 2.24) is 10.2 Å². The Morgan fingerprint density at radius 3 is 2.21 bits per heavy atom. The van der Waals surface area contributed by atoms with Gasteiger partial charge in [0.25, 0.3) is 0 Å². The standard InChI is InChI=1S/C20H22N2O2/c23-18-14-12-17(13-15-18)20-22-21-19(24-20)11-7-2-1-4-8-16-9-5-3-6-10-16/h3,5-6,9-10,12-15,23H,1-2,4,7-8,11H2. The summed E-state index contributed by atoms with van der Waals surface area (Å²) in [5.74, 6) is 1.42.